The lowest BCUT2D eigenvalue weighted by Gasteiger charge is -2.32. The SMILES string of the molecule is CN(CCC1CCCO1)C1CCNCC1. The number of hydrogen-bond donors (Lipinski definition) is 1. The quantitative estimate of drug-likeness (QED) is 0.759. The summed E-state index contributed by atoms with van der Waals surface area (Å²) in [6.07, 6.45) is 6.93. The zero-order valence-corrected chi connectivity index (χ0v) is 9.87. The lowest BCUT2D eigenvalue weighted by molar-refractivity contribution is 0.0866. The lowest BCUT2D eigenvalue weighted by Crippen LogP contribution is -2.42. The average molecular weight is 212 g/mol. The van der Waals surface area contributed by atoms with Crippen LogP contribution in [-0.4, -0.2) is 50.3 Å². The second-order valence-corrected chi connectivity index (χ2v) is 4.89. The molecule has 1 atom stereocenters. The number of rotatable bonds is 4. The highest BCUT2D eigenvalue weighted by Crippen LogP contribution is 2.17. The molecule has 2 aliphatic rings. The molecule has 88 valence electrons. The Morgan fingerprint density at radius 3 is 2.73 bits per heavy atom. The fraction of sp³-hybridized carbons (Fsp3) is 1.00. The largest absolute Gasteiger partial charge is 0.378 e. The van der Waals surface area contributed by atoms with Crippen LogP contribution in [0.4, 0.5) is 0 Å². The smallest absolute Gasteiger partial charge is 0.0588 e. The Morgan fingerprint density at radius 1 is 1.27 bits per heavy atom. The number of ether oxygens (including phenoxy) is 1. The van der Waals surface area contributed by atoms with E-state index in [0.717, 1.165) is 12.6 Å². The topological polar surface area (TPSA) is 24.5 Å². The van der Waals surface area contributed by atoms with Crippen molar-refractivity contribution in [2.45, 2.75) is 44.2 Å². The molecule has 0 saturated carbocycles. The molecule has 0 spiro atoms. The van der Waals surface area contributed by atoms with Gasteiger partial charge >= 0.3 is 0 Å². The number of piperidine rings is 1. The number of nitrogens with zero attached hydrogens (tertiary/aromatic N) is 1. The van der Waals surface area contributed by atoms with Crippen molar-refractivity contribution in [1.29, 1.82) is 0 Å². The summed E-state index contributed by atoms with van der Waals surface area (Å²) in [5.74, 6) is 0. The Labute approximate surface area is 93.2 Å². The third-order valence-corrected chi connectivity index (χ3v) is 3.76. The predicted molar refractivity (Wildman–Crippen MR) is 62.1 cm³/mol. The molecule has 3 heteroatoms. The maximum Gasteiger partial charge on any atom is 0.0588 e. The second-order valence-electron chi connectivity index (χ2n) is 4.89. The zero-order valence-electron chi connectivity index (χ0n) is 9.87. The van der Waals surface area contributed by atoms with E-state index >= 15 is 0 Å². The van der Waals surface area contributed by atoms with Crippen LogP contribution in [0.2, 0.25) is 0 Å². The molecule has 1 N–H and O–H groups in total. The van der Waals surface area contributed by atoms with Crippen molar-refractivity contribution in [1.82, 2.24) is 10.2 Å². The zero-order chi connectivity index (χ0) is 10.5. The first kappa shape index (κ1) is 11.4. The maximum atomic E-state index is 5.65. The monoisotopic (exact) mass is 212 g/mol. The molecule has 2 fully saturated rings. The van der Waals surface area contributed by atoms with E-state index in [-0.39, 0.29) is 0 Å². The molecule has 0 bridgehead atoms. The van der Waals surface area contributed by atoms with Crippen LogP contribution in [0.1, 0.15) is 32.1 Å². The first-order valence-electron chi connectivity index (χ1n) is 6.39. The molecule has 2 saturated heterocycles. The van der Waals surface area contributed by atoms with Gasteiger partial charge in [0.15, 0.2) is 0 Å². The van der Waals surface area contributed by atoms with Gasteiger partial charge in [0.25, 0.3) is 0 Å². The predicted octanol–water partition coefficient (Wildman–Crippen LogP) is 1.24. The minimum atomic E-state index is 0.550. The van der Waals surface area contributed by atoms with Gasteiger partial charge in [0.1, 0.15) is 0 Å². The summed E-state index contributed by atoms with van der Waals surface area (Å²) in [7, 11) is 2.27. The van der Waals surface area contributed by atoms with Crippen LogP contribution in [0, 0.1) is 0 Å². The van der Waals surface area contributed by atoms with Crippen LogP contribution in [-0.2, 0) is 4.74 Å². The summed E-state index contributed by atoms with van der Waals surface area (Å²) in [5.41, 5.74) is 0. The van der Waals surface area contributed by atoms with Crippen LogP contribution in [0.3, 0.4) is 0 Å². The molecule has 15 heavy (non-hydrogen) atoms. The van der Waals surface area contributed by atoms with E-state index in [2.05, 4.69) is 17.3 Å². The molecule has 0 aromatic carbocycles. The van der Waals surface area contributed by atoms with E-state index in [1.807, 2.05) is 0 Å². The average Bonchev–Trinajstić information content (AvgIpc) is 2.80. The van der Waals surface area contributed by atoms with Gasteiger partial charge in [-0.15, -0.1) is 0 Å². The van der Waals surface area contributed by atoms with Crippen LogP contribution < -0.4 is 5.32 Å². The molecule has 0 aromatic rings. The normalized spacial score (nSPS) is 28.8. The van der Waals surface area contributed by atoms with Crippen LogP contribution in [0.15, 0.2) is 0 Å². The highest BCUT2D eigenvalue weighted by Gasteiger charge is 2.20. The van der Waals surface area contributed by atoms with Crippen LogP contribution >= 0.6 is 0 Å². The molecular weight excluding hydrogens is 188 g/mol. The van der Waals surface area contributed by atoms with Gasteiger partial charge in [-0.3, -0.25) is 0 Å². The molecule has 3 nitrogen and oxygen atoms in total. The van der Waals surface area contributed by atoms with E-state index in [1.54, 1.807) is 0 Å². The Kier molecular flexibility index (Phi) is 4.42. The lowest BCUT2D eigenvalue weighted by atomic mass is 10.0. The van der Waals surface area contributed by atoms with E-state index in [9.17, 15) is 0 Å². The summed E-state index contributed by atoms with van der Waals surface area (Å²) in [6, 6.07) is 0.799. The molecule has 2 heterocycles. The van der Waals surface area contributed by atoms with Crippen molar-refractivity contribution >= 4 is 0 Å². The van der Waals surface area contributed by atoms with Gasteiger partial charge < -0.3 is 15.0 Å². The summed E-state index contributed by atoms with van der Waals surface area (Å²) >= 11 is 0. The molecule has 2 aliphatic heterocycles. The standard InChI is InChI=1S/C12H24N2O/c1-14(11-4-7-13-8-5-11)9-6-12-3-2-10-15-12/h11-13H,2-10H2,1H3. The molecule has 0 aromatic heterocycles. The highest BCUT2D eigenvalue weighted by molar-refractivity contribution is 4.77. The number of hydrogen-bond acceptors (Lipinski definition) is 3. The van der Waals surface area contributed by atoms with Crippen molar-refractivity contribution in [3.8, 4) is 0 Å². The van der Waals surface area contributed by atoms with Crippen molar-refractivity contribution in [3.05, 3.63) is 0 Å². The van der Waals surface area contributed by atoms with E-state index in [4.69, 9.17) is 4.74 Å². The van der Waals surface area contributed by atoms with Crippen molar-refractivity contribution in [2.24, 2.45) is 0 Å². The molecule has 0 aliphatic carbocycles. The van der Waals surface area contributed by atoms with Crippen LogP contribution in [0.25, 0.3) is 0 Å². The third kappa shape index (κ3) is 3.44. The molecule has 2 rings (SSSR count). The summed E-state index contributed by atoms with van der Waals surface area (Å²) in [4.78, 5) is 2.53. The first-order chi connectivity index (χ1) is 7.36. The van der Waals surface area contributed by atoms with E-state index in [0.29, 0.717) is 6.10 Å². The van der Waals surface area contributed by atoms with Gasteiger partial charge in [0, 0.05) is 19.2 Å². The fourth-order valence-electron chi connectivity index (χ4n) is 2.65. The van der Waals surface area contributed by atoms with Gasteiger partial charge in [-0.05, 0) is 52.2 Å². The van der Waals surface area contributed by atoms with Gasteiger partial charge in [0.05, 0.1) is 6.10 Å². The van der Waals surface area contributed by atoms with Gasteiger partial charge in [-0.1, -0.05) is 0 Å². The maximum absolute atomic E-state index is 5.65. The molecule has 1 unspecified atom stereocenters. The van der Waals surface area contributed by atoms with Gasteiger partial charge in [-0.25, -0.2) is 0 Å². The van der Waals surface area contributed by atoms with E-state index < -0.39 is 0 Å². The highest BCUT2D eigenvalue weighted by atomic mass is 16.5. The third-order valence-electron chi connectivity index (χ3n) is 3.76. The van der Waals surface area contributed by atoms with Gasteiger partial charge in [-0.2, -0.15) is 0 Å². The Balaban J connectivity index is 1.64. The molecule has 0 radical (unpaired) electrons. The van der Waals surface area contributed by atoms with E-state index in [1.165, 1.54) is 51.7 Å². The summed E-state index contributed by atoms with van der Waals surface area (Å²) in [5, 5.41) is 3.42. The van der Waals surface area contributed by atoms with Gasteiger partial charge in [0.2, 0.25) is 0 Å². The molecular formula is C12H24N2O. The van der Waals surface area contributed by atoms with Crippen molar-refractivity contribution < 1.29 is 4.74 Å². The summed E-state index contributed by atoms with van der Waals surface area (Å²) < 4.78 is 5.65. The van der Waals surface area contributed by atoms with Crippen molar-refractivity contribution in [3.63, 3.8) is 0 Å². The second kappa shape index (κ2) is 5.83. The number of nitrogens with one attached hydrogen (secondary N) is 1. The van der Waals surface area contributed by atoms with Crippen LogP contribution in [0.5, 0.6) is 0 Å². The summed E-state index contributed by atoms with van der Waals surface area (Å²) in [6.45, 7) is 4.57. The fourth-order valence-corrected chi connectivity index (χ4v) is 2.65. The Hall–Kier alpha value is -0.120. The molecule has 0 amide bonds. The Bertz CT molecular complexity index is 174. The van der Waals surface area contributed by atoms with Crippen molar-refractivity contribution in [2.75, 3.05) is 33.3 Å². The minimum absolute atomic E-state index is 0.550. The first-order valence-corrected chi connectivity index (χ1v) is 6.39. The Morgan fingerprint density at radius 2 is 2.07 bits per heavy atom. The minimum Gasteiger partial charge on any atom is -0.378 e.